The van der Waals surface area contributed by atoms with E-state index in [1.54, 1.807) is 34.8 Å². The standard InChI is InChI=1S/C31H41N5O3S/c1-3-24-9-5-7-17-35(24)18-8-16-33-31(37)27-22-30(29-10-4-6-15-32-29)34-28-12-11-25(21-26(27)28)40(38,39)36-19-13-23(2)14-20-36/h4,6,10-12,15,21-24H,3,5,7-9,13-14,16-20H2,1-2H3,(H,33,37)/t24-/m0/s1. The Labute approximate surface area is 238 Å². The van der Waals surface area contributed by atoms with Crippen LogP contribution in [0.3, 0.4) is 0 Å². The van der Waals surface area contributed by atoms with Crippen molar-refractivity contribution in [3.8, 4) is 11.4 Å². The Morgan fingerprint density at radius 3 is 2.60 bits per heavy atom. The summed E-state index contributed by atoms with van der Waals surface area (Å²) < 4.78 is 28.6. The zero-order valence-electron chi connectivity index (χ0n) is 23.7. The third-order valence-electron chi connectivity index (χ3n) is 8.46. The van der Waals surface area contributed by atoms with Crippen LogP contribution in [0.25, 0.3) is 22.3 Å². The second-order valence-corrected chi connectivity index (χ2v) is 13.2. The van der Waals surface area contributed by atoms with Crippen LogP contribution in [0.4, 0.5) is 0 Å². The first-order valence-corrected chi connectivity index (χ1v) is 16.2. The summed E-state index contributed by atoms with van der Waals surface area (Å²) in [5.74, 6) is 0.298. The van der Waals surface area contributed by atoms with Crippen molar-refractivity contribution in [2.24, 2.45) is 5.92 Å². The van der Waals surface area contributed by atoms with Gasteiger partial charge in [-0.15, -0.1) is 0 Å². The Kier molecular flexibility index (Phi) is 9.13. The Bertz CT molecular complexity index is 1420. The lowest BCUT2D eigenvalue weighted by molar-refractivity contribution is 0.0949. The molecular weight excluding hydrogens is 522 g/mol. The molecule has 2 aromatic heterocycles. The predicted molar refractivity (Wildman–Crippen MR) is 159 cm³/mol. The fraction of sp³-hybridized carbons (Fsp3) is 0.516. The minimum Gasteiger partial charge on any atom is -0.352 e. The highest BCUT2D eigenvalue weighted by molar-refractivity contribution is 7.89. The maximum absolute atomic E-state index is 13.6. The maximum Gasteiger partial charge on any atom is 0.252 e. The summed E-state index contributed by atoms with van der Waals surface area (Å²) >= 11 is 0. The molecule has 0 radical (unpaired) electrons. The number of hydrogen-bond acceptors (Lipinski definition) is 6. The first-order chi connectivity index (χ1) is 19.4. The number of carbonyl (C=O) groups excluding carboxylic acids is 1. The molecule has 4 heterocycles. The van der Waals surface area contributed by atoms with Crippen molar-refractivity contribution in [3.05, 3.63) is 54.2 Å². The average Bonchev–Trinajstić information content (AvgIpc) is 2.99. The summed E-state index contributed by atoms with van der Waals surface area (Å²) in [6.45, 7) is 8.08. The number of likely N-dealkylation sites (tertiary alicyclic amines) is 1. The molecule has 1 aromatic carbocycles. The largest absolute Gasteiger partial charge is 0.352 e. The van der Waals surface area contributed by atoms with Crippen molar-refractivity contribution in [1.29, 1.82) is 0 Å². The van der Waals surface area contributed by atoms with Gasteiger partial charge in [-0.2, -0.15) is 4.31 Å². The Hall–Kier alpha value is -2.88. The van der Waals surface area contributed by atoms with Gasteiger partial charge in [0.25, 0.3) is 5.91 Å². The molecule has 2 aliphatic heterocycles. The number of nitrogens with zero attached hydrogens (tertiary/aromatic N) is 4. The van der Waals surface area contributed by atoms with E-state index in [-0.39, 0.29) is 10.8 Å². The van der Waals surface area contributed by atoms with E-state index < -0.39 is 10.0 Å². The van der Waals surface area contributed by atoms with E-state index in [1.165, 1.54) is 19.3 Å². The number of pyridine rings is 2. The van der Waals surface area contributed by atoms with Crippen LogP contribution >= 0.6 is 0 Å². The summed E-state index contributed by atoms with van der Waals surface area (Å²) in [5.41, 5.74) is 2.23. The molecule has 2 fully saturated rings. The number of nitrogens with one attached hydrogen (secondary N) is 1. The molecule has 0 unspecified atom stereocenters. The van der Waals surface area contributed by atoms with Crippen LogP contribution in [0.5, 0.6) is 0 Å². The Balaban J connectivity index is 1.41. The Morgan fingerprint density at radius 1 is 1.02 bits per heavy atom. The third kappa shape index (κ3) is 6.37. The second kappa shape index (κ2) is 12.7. The summed E-state index contributed by atoms with van der Waals surface area (Å²) in [6.07, 6.45) is 9.22. The molecule has 40 heavy (non-hydrogen) atoms. The summed E-state index contributed by atoms with van der Waals surface area (Å²) in [6, 6.07) is 12.9. The highest BCUT2D eigenvalue weighted by atomic mass is 32.2. The van der Waals surface area contributed by atoms with Crippen LogP contribution in [0.1, 0.15) is 69.2 Å². The number of piperidine rings is 2. The second-order valence-electron chi connectivity index (χ2n) is 11.2. The van der Waals surface area contributed by atoms with E-state index in [0.29, 0.717) is 59.4 Å². The molecule has 2 aliphatic rings. The van der Waals surface area contributed by atoms with Crippen LogP contribution in [-0.2, 0) is 10.0 Å². The van der Waals surface area contributed by atoms with Crippen molar-refractivity contribution in [2.75, 3.05) is 32.7 Å². The van der Waals surface area contributed by atoms with Crippen molar-refractivity contribution in [1.82, 2.24) is 24.5 Å². The normalized spacial score (nSPS) is 19.6. The minimum atomic E-state index is -3.67. The van der Waals surface area contributed by atoms with Gasteiger partial charge in [-0.25, -0.2) is 13.4 Å². The van der Waals surface area contributed by atoms with Gasteiger partial charge in [0.1, 0.15) is 0 Å². The molecule has 2 saturated heterocycles. The maximum atomic E-state index is 13.6. The van der Waals surface area contributed by atoms with E-state index in [0.717, 1.165) is 38.8 Å². The van der Waals surface area contributed by atoms with Gasteiger partial charge in [-0.3, -0.25) is 9.78 Å². The summed E-state index contributed by atoms with van der Waals surface area (Å²) in [5, 5.41) is 3.63. The molecule has 3 aromatic rings. The van der Waals surface area contributed by atoms with Crippen molar-refractivity contribution in [3.63, 3.8) is 0 Å². The van der Waals surface area contributed by atoms with Gasteiger partial charge in [0.05, 0.1) is 27.4 Å². The van der Waals surface area contributed by atoms with E-state index in [2.05, 4.69) is 29.0 Å². The molecule has 0 aliphatic carbocycles. The van der Waals surface area contributed by atoms with Crippen LogP contribution < -0.4 is 5.32 Å². The van der Waals surface area contributed by atoms with Crippen molar-refractivity contribution < 1.29 is 13.2 Å². The number of carbonyl (C=O) groups is 1. The molecule has 1 amide bonds. The number of fused-ring (bicyclic) bond motifs is 1. The van der Waals surface area contributed by atoms with E-state index in [1.807, 2.05) is 18.2 Å². The highest BCUT2D eigenvalue weighted by Gasteiger charge is 2.29. The van der Waals surface area contributed by atoms with Gasteiger partial charge in [-0.1, -0.05) is 26.3 Å². The molecule has 214 valence electrons. The first kappa shape index (κ1) is 28.6. The van der Waals surface area contributed by atoms with Crippen LogP contribution in [-0.4, -0.2) is 72.3 Å². The van der Waals surface area contributed by atoms with E-state index in [4.69, 9.17) is 4.98 Å². The minimum absolute atomic E-state index is 0.201. The van der Waals surface area contributed by atoms with Gasteiger partial charge in [0.15, 0.2) is 0 Å². The molecule has 1 N–H and O–H groups in total. The third-order valence-corrected chi connectivity index (χ3v) is 10.4. The number of hydrogen-bond donors (Lipinski definition) is 1. The molecule has 0 saturated carbocycles. The molecule has 9 heteroatoms. The summed E-state index contributed by atoms with van der Waals surface area (Å²) in [7, 11) is -3.67. The lowest BCUT2D eigenvalue weighted by Crippen LogP contribution is -2.40. The number of amides is 1. The van der Waals surface area contributed by atoms with Crippen LogP contribution in [0, 0.1) is 5.92 Å². The molecule has 1 atom stereocenters. The smallest absolute Gasteiger partial charge is 0.252 e. The van der Waals surface area contributed by atoms with Gasteiger partial charge < -0.3 is 10.2 Å². The van der Waals surface area contributed by atoms with Crippen LogP contribution in [0.15, 0.2) is 53.6 Å². The highest BCUT2D eigenvalue weighted by Crippen LogP contribution is 2.29. The average molecular weight is 564 g/mol. The van der Waals surface area contributed by atoms with Gasteiger partial charge in [-0.05, 0) is 87.4 Å². The van der Waals surface area contributed by atoms with Gasteiger partial charge >= 0.3 is 0 Å². The molecule has 0 spiro atoms. The number of sulfonamides is 1. The van der Waals surface area contributed by atoms with Crippen molar-refractivity contribution >= 4 is 26.8 Å². The lowest BCUT2D eigenvalue weighted by Gasteiger charge is -2.35. The SMILES string of the molecule is CC[C@H]1CCCCN1CCCNC(=O)c1cc(-c2ccccn2)nc2ccc(S(=O)(=O)N3CCC(C)CC3)cc12. The van der Waals surface area contributed by atoms with E-state index in [9.17, 15) is 13.2 Å². The zero-order chi connectivity index (χ0) is 28.1. The number of aromatic nitrogens is 2. The van der Waals surface area contributed by atoms with Crippen LogP contribution in [0.2, 0.25) is 0 Å². The fourth-order valence-electron chi connectivity index (χ4n) is 5.97. The zero-order valence-corrected chi connectivity index (χ0v) is 24.5. The number of rotatable bonds is 9. The number of benzene rings is 1. The predicted octanol–water partition coefficient (Wildman–Crippen LogP) is 5.10. The van der Waals surface area contributed by atoms with Crippen molar-refractivity contribution in [2.45, 2.75) is 69.7 Å². The molecule has 8 nitrogen and oxygen atoms in total. The lowest BCUT2D eigenvalue weighted by atomic mass is 10.00. The molecule has 0 bridgehead atoms. The monoisotopic (exact) mass is 563 g/mol. The van der Waals surface area contributed by atoms with Gasteiger partial charge in [0, 0.05) is 43.8 Å². The Morgan fingerprint density at radius 2 is 1.85 bits per heavy atom. The first-order valence-electron chi connectivity index (χ1n) is 14.8. The topological polar surface area (TPSA) is 95.5 Å². The summed E-state index contributed by atoms with van der Waals surface area (Å²) in [4.78, 5) is 25.5. The van der Waals surface area contributed by atoms with E-state index >= 15 is 0 Å². The fourth-order valence-corrected chi connectivity index (χ4v) is 7.47. The molecular formula is C31H41N5O3S. The van der Waals surface area contributed by atoms with Gasteiger partial charge in [0.2, 0.25) is 10.0 Å². The molecule has 5 rings (SSSR count). The quantitative estimate of drug-likeness (QED) is 0.364.